The predicted molar refractivity (Wildman–Crippen MR) is 109 cm³/mol. The topological polar surface area (TPSA) is 64.9 Å². The Bertz CT molecular complexity index is 990. The predicted octanol–water partition coefficient (Wildman–Crippen LogP) is 6.24. The summed E-state index contributed by atoms with van der Waals surface area (Å²) in [5.41, 5.74) is -8.76. The summed E-state index contributed by atoms with van der Waals surface area (Å²) < 4.78 is 116. The van der Waals surface area contributed by atoms with Crippen molar-refractivity contribution in [1.29, 1.82) is 0 Å². The van der Waals surface area contributed by atoms with Gasteiger partial charge in [0, 0.05) is 6.04 Å². The zero-order chi connectivity index (χ0) is 25.9. The van der Waals surface area contributed by atoms with Gasteiger partial charge in [0.25, 0.3) is 11.6 Å². The van der Waals surface area contributed by atoms with Crippen LogP contribution in [0.4, 0.5) is 45.2 Å². The Balaban J connectivity index is 2.82. The van der Waals surface area contributed by atoms with E-state index in [0.717, 1.165) is 0 Å². The minimum Gasteiger partial charge on any atom is -0.360 e. The van der Waals surface area contributed by atoms with Gasteiger partial charge in [-0.2, -0.15) is 39.5 Å². The van der Waals surface area contributed by atoms with Gasteiger partial charge in [-0.05, 0) is 41.9 Å². The van der Waals surface area contributed by atoms with Crippen LogP contribution in [0.5, 0.6) is 0 Å². The van der Waals surface area contributed by atoms with Crippen LogP contribution in [0.2, 0.25) is 0 Å². The highest BCUT2D eigenvalue weighted by atomic mass is 79.9. The standard InChI is InChI=1S/C16H11Br3F9N3O2/c1-5(2)31-10(32)12(18,19)15(33,16(26,27)28)30-11(31)29-8-4-6(13(20,21)22)3-7(9(8)17)14(23,24)25/h3-5,33H,1-2H3,(H,29,30). The Kier molecular flexibility index (Phi) is 7.30. The zero-order valence-corrected chi connectivity index (χ0v) is 20.8. The molecule has 1 atom stereocenters. The number of anilines is 1. The fourth-order valence-corrected chi connectivity index (χ4v) is 4.25. The van der Waals surface area contributed by atoms with Gasteiger partial charge in [0.05, 0.1) is 21.3 Å². The molecular weight excluding hydrogens is 677 g/mol. The van der Waals surface area contributed by atoms with E-state index in [9.17, 15) is 49.4 Å². The summed E-state index contributed by atoms with van der Waals surface area (Å²) in [5, 5.41) is 12.1. The largest absolute Gasteiger partial charge is 0.441 e. The van der Waals surface area contributed by atoms with E-state index < -0.39 is 66.7 Å². The number of hydrogen-bond donors (Lipinski definition) is 2. The van der Waals surface area contributed by atoms with E-state index in [4.69, 9.17) is 0 Å². The SMILES string of the molecule is CC(C)N1C(=O)C(Br)(Br)C(O)(C(F)(F)F)N=C1Nc1cc(C(F)(F)F)cc(C(F)(F)F)c1Br. The van der Waals surface area contributed by atoms with Crippen molar-refractivity contribution in [3.8, 4) is 0 Å². The van der Waals surface area contributed by atoms with Crippen LogP contribution in [0.15, 0.2) is 21.6 Å². The number of halogens is 12. The number of nitrogens with one attached hydrogen (secondary N) is 1. The molecule has 0 aliphatic carbocycles. The molecule has 0 radical (unpaired) electrons. The third kappa shape index (κ3) is 5.00. The highest BCUT2D eigenvalue weighted by Gasteiger charge is 2.72. The number of benzene rings is 1. The van der Waals surface area contributed by atoms with Crippen molar-refractivity contribution >= 4 is 65.3 Å². The number of nitrogens with zero attached hydrogens (tertiary/aromatic N) is 2. The van der Waals surface area contributed by atoms with Crippen molar-refractivity contribution in [1.82, 2.24) is 4.90 Å². The maximum atomic E-state index is 13.6. The molecule has 1 aromatic rings. The summed E-state index contributed by atoms with van der Waals surface area (Å²) in [6.45, 7) is 2.57. The van der Waals surface area contributed by atoms with Gasteiger partial charge in [0.2, 0.25) is 9.19 Å². The second-order valence-corrected chi connectivity index (χ2v) is 11.2. The molecule has 2 N–H and O–H groups in total. The Morgan fingerprint density at radius 3 is 1.94 bits per heavy atom. The highest BCUT2D eigenvalue weighted by molar-refractivity contribution is 9.26. The molecule has 5 nitrogen and oxygen atoms in total. The lowest BCUT2D eigenvalue weighted by Crippen LogP contribution is -2.69. The molecule has 1 aliphatic heterocycles. The van der Waals surface area contributed by atoms with Gasteiger partial charge < -0.3 is 10.4 Å². The smallest absolute Gasteiger partial charge is 0.360 e. The summed E-state index contributed by atoms with van der Waals surface area (Å²) in [7, 11) is 0. The van der Waals surface area contributed by atoms with E-state index in [2.05, 4.69) is 52.8 Å². The number of guanidine groups is 1. The number of rotatable bonds is 2. The number of carbonyl (C=O) groups excluding carboxylic acids is 1. The van der Waals surface area contributed by atoms with Crippen molar-refractivity contribution in [3.63, 3.8) is 0 Å². The summed E-state index contributed by atoms with van der Waals surface area (Å²) >= 11 is 7.38. The van der Waals surface area contributed by atoms with E-state index in [1.54, 1.807) is 0 Å². The molecule has 0 aromatic heterocycles. The molecule has 17 heteroatoms. The van der Waals surface area contributed by atoms with E-state index in [0.29, 0.717) is 4.90 Å². The molecule has 0 bridgehead atoms. The minimum atomic E-state index is -5.60. The second-order valence-electron chi connectivity index (χ2n) is 6.95. The van der Waals surface area contributed by atoms with E-state index in [1.165, 1.54) is 13.8 Å². The van der Waals surface area contributed by atoms with E-state index in [-0.39, 0.29) is 12.1 Å². The van der Waals surface area contributed by atoms with Gasteiger partial charge >= 0.3 is 18.5 Å². The molecule has 0 saturated carbocycles. The van der Waals surface area contributed by atoms with Crippen molar-refractivity contribution in [2.45, 2.75) is 47.4 Å². The van der Waals surface area contributed by atoms with Gasteiger partial charge in [0.15, 0.2) is 0 Å². The number of aliphatic imine (C=N–C) groups is 1. The molecule has 1 aliphatic rings. The number of aliphatic hydroxyl groups is 1. The van der Waals surface area contributed by atoms with Crippen LogP contribution in [0, 0.1) is 0 Å². The third-order valence-electron chi connectivity index (χ3n) is 4.28. The minimum absolute atomic E-state index is 0.182. The molecule has 1 unspecified atom stereocenters. The van der Waals surface area contributed by atoms with Crippen LogP contribution in [-0.4, -0.2) is 43.0 Å². The number of alkyl halides is 11. The average molecular weight is 688 g/mol. The molecule has 1 heterocycles. The molecule has 0 spiro atoms. The fraction of sp³-hybridized carbons (Fsp3) is 0.500. The summed E-state index contributed by atoms with van der Waals surface area (Å²) in [4.78, 5) is 16.4. The van der Waals surface area contributed by atoms with Gasteiger partial charge in [-0.15, -0.1) is 0 Å². The maximum absolute atomic E-state index is 13.6. The van der Waals surface area contributed by atoms with Crippen LogP contribution in [-0.2, 0) is 17.1 Å². The van der Waals surface area contributed by atoms with Crippen LogP contribution in [0.3, 0.4) is 0 Å². The van der Waals surface area contributed by atoms with E-state index in [1.807, 2.05) is 5.32 Å². The fourth-order valence-electron chi connectivity index (χ4n) is 2.69. The summed E-state index contributed by atoms with van der Waals surface area (Å²) in [6.07, 6.45) is -16.1. The lowest BCUT2D eigenvalue weighted by Gasteiger charge is -2.45. The first-order valence-corrected chi connectivity index (χ1v) is 10.8. The van der Waals surface area contributed by atoms with Crippen LogP contribution in [0.1, 0.15) is 25.0 Å². The van der Waals surface area contributed by atoms with Crippen molar-refractivity contribution in [2.24, 2.45) is 4.99 Å². The van der Waals surface area contributed by atoms with Gasteiger partial charge in [-0.25, -0.2) is 4.99 Å². The molecule has 1 amide bonds. The normalized spacial score (nSPS) is 22.0. The Morgan fingerprint density at radius 2 is 1.55 bits per heavy atom. The number of amides is 1. The molecule has 1 aromatic carbocycles. The quantitative estimate of drug-likeness (QED) is 0.286. The number of carbonyl (C=O) groups is 1. The monoisotopic (exact) mass is 685 g/mol. The molecule has 186 valence electrons. The first-order valence-electron chi connectivity index (χ1n) is 8.41. The second kappa shape index (κ2) is 8.55. The molecule has 0 saturated heterocycles. The van der Waals surface area contributed by atoms with Crippen LogP contribution in [0.25, 0.3) is 0 Å². The van der Waals surface area contributed by atoms with Crippen molar-refractivity contribution in [2.75, 3.05) is 5.32 Å². The number of hydrogen-bond acceptors (Lipinski definition) is 4. The molecule has 0 fully saturated rings. The summed E-state index contributed by atoms with van der Waals surface area (Å²) in [6, 6.07) is -1.01. The molecule has 2 rings (SSSR count). The molecular formula is C16H11Br3F9N3O2. The Labute approximate surface area is 204 Å². The lowest BCUT2D eigenvalue weighted by atomic mass is 10.1. The first-order chi connectivity index (χ1) is 14.6. The zero-order valence-electron chi connectivity index (χ0n) is 16.0. The van der Waals surface area contributed by atoms with Gasteiger partial charge in [-0.3, -0.25) is 9.69 Å². The van der Waals surface area contributed by atoms with Crippen molar-refractivity contribution in [3.05, 3.63) is 27.7 Å². The average Bonchev–Trinajstić information content (AvgIpc) is 2.58. The lowest BCUT2D eigenvalue weighted by molar-refractivity contribution is -0.259. The first kappa shape index (κ1) is 28.2. The van der Waals surface area contributed by atoms with Crippen LogP contribution < -0.4 is 5.32 Å². The van der Waals surface area contributed by atoms with E-state index >= 15 is 0 Å². The Hall–Kier alpha value is -1.07. The third-order valence-corrected chi connectivity index (χ3v) is 6.92. The van der Waals surface area contributed by atoms with Crippen LogP contribution >= 0.6 is 47.8 Å². The Morgan fingerprint density at radius 1 is 1.03 bits per heavy atom. The van der Waals surface area contributed by atoms with Gasteiger partial charge in [0.1, 0.15) is 0 Å². The summed E-state index contributed by atoms with van der Waals surface area (Å²) in [5.74, 6) is -2.62. The van der Waals surface area contributed by atoms with Gasteiger partial charge in [-0.1, -0.05) is 31.9 Å². The maximum Gasteiger partial charge on any atom is 0.441 e. The highest BCUT2D eigenvalue weighted by Crippen LogP contribution is 2.52. The molecule has 33 heavy (non-hydrogen) atoms. The van der Waals surface area contributed by atoms with Crippen molar-refractivity contribution < 1.29 is 49.4 Å².